The van der Waals surface area contributed by atoms with Crippen molar-refractivity contribution in [1.82, 2.24) is 5.32 Å². The van der Waals surface area contributed by atoms with Crippen molar-refractivity contribution in [3.05, 3.63) is 60.8 Å². The summed E-state index contributed by atoms with van der Waals surface area (Å²) in [6.07, 6.45) is 77.6. The van der Waals surface area contributed by atoms with Crippen LogP contribution in [0.1, 0.15) is 335 Å². The minimum absolute atomic E-state index is 0.187. The minimum Gasteiger partial charge on any atom is -0.394 e. The van der Waals surface area contributed by atoms with Gasteiger partial charge in [0.05, 0.1) is 25.4 Å². The van der Waals surface area contributed by atoms with Crippen LogP contribution in [-0.4, -0.2) is 87.5 Å². The number of amides is 1. The van der Waals surface area contributed by atoms with Crippen LogP contribution in [0.25, 0.3) is 0 Å². The Hall–Kier alpha value is -2.11. The van der Waals surface area contributed by atoms with Gasteiger partial charge in [-0.15, -0.1) is 0 Å². The maximum atomic E-state index is 13.1. The number of aliphatic hydroxyl groups excluding tert-OH is 5. The smallest absolute Gasteiger partial charge is 0.220 e. The first-order chi connectivity index (χ1) is 39.8. The Kier molecular flexibility index (Phi) is 57.9. The summed E-state index contributed by atoms with van der Waals surface area (Å²) in [6.45, 7) is 3.80. The van der Waals surface area contributed by atoms with E-state index in [1.54, 1.807) is 6.08 Å². The zero-order valence-corrected chi connectivity index (χ0v) is 53.0. The second-order valence-electron chi connectivity index (χ2n) is 24.3. The van der Waals surface area contributed by atoms with Crippen molar-refractivity contribution in [2.45, 2.75) is 378 Å². The zero-order chi connectivity index (χ0) is 58.6. The third-order valence-electron chi connectivity index (χ3n) is 16.5. The monoisotopic (exact) mass is 1140 g/mol. The summed E-state index contributed by atoms with van der Waals surface area (Å²) in [7, 11) is 0. The van der Waals surface area contributed by atoms with Gasteiger partial charge in [-0.3, -0.25) is 4.79 Å². The second-order valence-corrected chi connectivity index (χ2v) is 24.3. The van der Waals surface area contributed by atoms with Crippen molar-refractivity contribution in [3.63, 3.8) is 0 Å². The van der Waals surface area contributed by atoms with Gasteiger partial charge in [-0.05, 0) is 77.0 Å². The summed E-state index contributed by atoms with van der Waals surface area (Å²) in [5, 5.41) is 54.7. The molecule has 0 aromatic heterocycles. The number of nitrogens with one attached hydrogen (secondary N) is 1. The largest absolute Gasteiger partial charge is 0.394 e. The molecular weight excluding hydrogens is 1010 g/mol. The fourth-order valence-electron chi connectivity index (χ4n) is 11.0. The van der Waals surface area contributed by atoms with Crippen LogP contribution in [0.5, 0.6) is 0 Å². The highest BCUT2D eigenvalue weighted by molar-refractivity contribution is 5.76. The van der Waals surface area contributed by atoms with E-state index in [0.29, 0.717) is 6.42 Å². The lowest BCUT2D eigenvalue weighted by Crippen LogP contribution is -2.60. The molecule has 81 heavy (non-hydrogen) atoms. The molecular formula is C72H133NO8. The molecule has 0 spiro atoms. The molecule has 0 aromatic rings. The van der Waals surface area contributed by atoms with Crippen LogP contribution in [0.2, 0.25) is 0 Å². The molecule has 1 rings (SSSR count). The molecule has 1 amide bonds. The van der Waals surface area contributed by atoms with Crippen LogP contribution < -0.4 is 5.32 Å². The molecule has 1 saturated heterocycles. The van der Waals surface area contributed by atoms with Gasteiger partial charge in [-0.2, -0.15) is 0 Å². The molecule has 7 unspecified atom stereocenters. The van der Waals surface area contributed by atoms with E-state index in [1.165, 1.54) is 263 Å². The molecule has 1 aliphatic heterocycles. The average molecular weight is 1140 g/mol. The van der Waals surface area contributed by atoms with Crippen molar-refractivity contribution >= 4 is 5.91 Å². The maximum absolute atomic E-state index is 13.1. The zero-order valence-electron chi connectivity index (χ0n) is 53.0. The molecule has 1 fully saturated rings. The van der Waals surface area contributed by atoms with Crippen molar-refractivity contribution in [3.8, 4) is 0 Å². The van der Waals surface area contributed by atoms with Gasteiger partial charge in [-0.1, -0.05) is 312 Å². The Labute approximate surface area is 500 Å². The number of ether oxygens (including phenoxy) is 2. The lowest BCUT2D eigenvalue weighted by atomic mass is 9.99. The van der Waals surface area contributed by atoms with Gasteiger partial charge >= 0.3 is 0 Å². The number of hydrogen-bond acceptors (Lipinski definition) is 8. The van der Waals surface area contributed by atoms with E-state index in [0.717, 1.165) is 51.4 Å². The van der Waals surface area contributed by atoms with Gasteiger partial charge in [-0.25, -0.2) is 0 Å². The Morgan fingerprint density at radius 2 is 0.741 bits per heavy atom. The van der Waals surface area contributed by atoms with Crippen molar-refractivity contribution < 1.29 is 39.8 Å². The number of aliphatic hydroxyl groups is 5. The fraction of sp³-hybridized carbons (Fsp3) is 0.847. The average Bonchev–Trinajstić information content (AvgIpc) is 3.50. The fourth-order valence-corrected chi connectivity index (χ4v) is 11.0. The minimum atomic E-state index is -1.58. The third kappa shape index (κ3) is 49.8. The normalized spacial score (nSPS) is 18.7. The number of rotatable bonds is 61. The maximum Gasteiger partial charge on any atom is 0.220 e. The predicted molar refractivity (Wildman–Crippen MR) is 346 cm³/mol. The highest BCUT2D eigenvalue weighted by atomic mass is 16.7. The Balaban J connectivity index is 2.15. The molecule has 0 bridgehead atoms. The van der Waals surface area contributed by atoms with Gasteiger partial charge in [0.2, 0.25) is 5.91 Å². The third-order valence-corrected chi connectivity index (χ3v) is 16.5. The number of carbonyl (C=O) groups is 1. The highest BCUT2D eigenvalue weighted by Crippen LogP contribution is 2.23. The molecule has 0 saturated carbocycles. The first-order valence-corrected chi connectivity index (χ1v) is 35.0. The van der Waals surface area contributed by atoms with Gasteiger partial charge in [0.25, 0.3) is 0 Å². The SMILES string of the molecule is CCCCCCCCCCC/C=C\C/C=C\CCCCCCCCCCCCCCCCCCCC(=O)NC(COC1OC(CO)C(O)C(O)C1O)C(O)/C=C/CC/C=C/CC/C=C/CCCCCCCCCCCCCCCCC. The van der Waals surface area contributed by atoms with E-state index in [-0.39, 0.29) is 12.5 Å². The van der Waals surface area contributed by atoms with E-state index < -0.39 is 49.5 Å². The van der Waals surface area contributed by atoms with E-state index in [9.17, 15) is 30.3 Å². The van der Waals surface area contributed by atoms with Crippen LogP contribution in [0.3, 0.4) is 0 Å². The molecule has 9 nitrogen and oxygen atoms in total. The number of allylic oxidation sites excluding steroid dienone is 9. The van der Waals surface area contributed by atoms with Crippen LogP contribution in [0.4, 0.5) is 0 Å². The van der Waals surface area contributed by atoms with Crippen LogP contribution in [-0.2, 0) is 14.3 Å². The van der Waals surface area contributed by atoms with E-state index >= 15 is 0 Å². The van der Waals surface area contributed by atoms with Crippen molar-refractivity contribution in [1.29, 1.82) is 0 Å². The van der Waals surface area contributed by atoms with Gasteiger partial charge in [0.1, 0.15) is 24.4 Å². The second kappa shape index (κ2) is 61.0. The lowest BCUT2D eigenvalue weighted by Gasteiger charge is -2.40. The van der Waals surface area contributed by atoms with E-state index in [4.69, 9.17) is 9.47 Å². The Bertz CT molecular complexity index is 1460. The quantitative estimate of drug-likeness (QED) is 0.0261. The summed E-state index contributed by atoms with van der Waals surface area (Å²) in [6, 6.07) is -0.831. The Morgan fingerprint density at radius 1 is 0.420 bits per heavy atom. The van der Waals surface area contributed by atoms with Gasteiger partial charge < -0.3 is 40.3 Å². The summed E-state index contributed by atoms with van der Waals surface area (Å²) in [5.74, 6) is -0.187. The van der Waals surface area contributed by atoms with Crippen LogP contribution >= 0.6 is 0 Å². The Morgan fingerprint density at radius 3 is 1.11 bits per heavy atom. The van der Waals surface area contributed by atoms with Crippen molar-refractivity contribution in [2.24, 2.45) is 0 Å². The standard InChI is InChI=1S/C72H133NO8/c1-3-5-7-9-11-13-15-17-19-21-23-25-27-29-30-31-32-33-34-35-36-38-40-42-44-46-48-50-52-54-56-58-60-62-68(76)73-65(64-80-72-71(79)70(78)69(77)67(63-74)81-72)66(75)61-59-57-55-53-51-49-47-45-43-41-39-37-28-26-24-22-20-18-16-14-12-10-8-6-4-2/h23,25,29-30,43,45,51,53,59,61,65-67,69-72,74-75,77-79H,3-22,24,26-28,31-42,44,46-50,52,54-58,60,62-64H2,1-2H3,(H,73,76)/b25-23-,30-29-,45-43+,53-51+,61-59+. The van der Waals surface area contributed by atoms with E-state index in [1.807, 2.05) is 6.08 Å². The first-order valence-electron chi connectivity index (χ1n) is 35.0. The predicted octanol–water partition coefficient (Wildman–Crippen LogP) is 19.0. The van der Waals surface area contributed by atoms with Crippen LogP contribution in [0.15, 0.2) is 60.8 Å². The molecule has 0 aromatic carbocycles. The van der Waals surface area contributed by atoms with Gasteiger partial charge in [0.15, 0.2) is 6.29 Å². The number of carbonyl (C=O) groups excluding carboxylic acids is 1. The summed E-state index contributed by atoms with van der Waals surface area (Å²) < 4.78 is 11.3. The molecule has 7 atom stereocenters. The lowest BCUT2D eigenvalue weighted by molar-refractivity contribution is -0.302. The molecule has 0 aliphatic carbocycles. The van der Waals surface area contributed by atoms with Gasteiger partial charge in [0, 0.05) is 6.42 Å². The molecule has 474 valence electrons. The molecule has 1 aliphatic rings. The summed E-state index contributed by atoms with van der Waals surface area (Å²) in [4.78, 5) is 13.1. The first kappa shape index (κ1) is 76.9. The summed E-state index contributed by atoms with van der Waals surface area (Å²) >= 11 is 0. The number of unbranched alkanes of at least 4 members (excludes halogenated alkanes) is 43. The molecule has 0 radical (unpaired) electrons. The topological polar surface area (TPSA) is 149 Å². The number of hydrogen-bond donors (Lipinski definition) is 6. The van der Waals surface area contributed by atoms with E-state index in [2.05, 4.69) is 67.8 Å². The summed E-state index contributed by atoms with van der Waals surface area (Å²) in [5.41, 5.74) is 0. The van der Waals surface area contributed by atoms with Crippen LogP contribution in [0, 0.1) is 0 Å². The molecule has 1 heterocycles. The molecule has 9 heteroatoms. The highest BCUT2D eigenvalue weighted by Gasteiger charge is 2.44. The van der Waals surface area contributed by atoms with Crippen molar-refractivity contribution in [2.75, 3.05) is 13.2 Å². The molecule has 6 N–H and O–H groups in total.